The van der Waals surface area contributed by atoms with Crippen molar-refractivity contribution in [2.24, 2.45) is 0 Å². The van der Waals surface area contributed by atoms with Gasteiger partial charge in [-0.15, -0.1) is 0 Å². The first-order valence-electron chi connectivity index (χ1n) is 13.2. The molecule has 0 spiro atoms. The Bertz CT molecular complexity index is 1620. The van der Waals surface area contributed by atoms with Crippen molar-refractivity contribution in [1.82, 2.24) is 10.2 Å². The second kappa shape index (κ2) is 14.0. The molecule has 4 aromatic carbocycles. The monoisotopic (exact) mass is 605 g/mol. The Kier molecular flexibility index (Phi) is 10.2. The molecule has 0 aliphatic heterocycles. The summed E-state index contributed by atoms with van der Waals surface area (Å²) in [6, 6.07) is 29.8. The van der Waals surface area contributed by atoms with Crippen LogP contribution in [0.25, 0.3) is 0 Å². The van der Waals surface area contributed by atoms with Gasteiger partial charge in [0.2, 0.25) is 11.8 Å². The lowest BCUT2D eigenvalue weighted by Crippen LogP contribution is -2.53. The number of hydrogen-bond donors (Lipinski definition) is 1. The van der Waals surface area contributed by atoms with Gasteiger partial charge in [-0.25, -0.2) is 8.42 Å². The summed E-state index contributed by atoms with van der Waals surface area (Å²) in [6.07, 6.45) is 0.216. The van der Waals surface area contributed by atoms with E-state index in [1.54, 1.807) is 67.8 Å². The van der Waals surface area contributed by atoms with Gasteiger partial charge in [0.1, 0.15) is 18.3 Å². The first-order valence-corrected chi connectivity index (χ1v) is 15.1. The minimum Gasteiger partial charge on any atom is -0.497 e. The number of halogens is 1. The maximum absolute atomic E-state index is 14.3. The third kappa shape index (κ3) is 7.29. The van der Waals surface area contributed by atoms with Crippen molar-refractivity contribution in [1.29, 1.82) is 0 Å². The lowest BCUT2D eigenvalue weighted by Gasteiger charge is -2.33. The minimum atomic E-state index is -4.22. The number of hydrogen-bond acceptors (Lipinski definition) is 5. The number of amides is 2. The van der Waals surface area contributed by atoms with Gasteiger partial charge in [-0.05, 0) is 47.5 Å². The SMILES string of the molecule is CNC(=O)C(Cc1ccccc1)N(Cc1cccc(OC)c1)C(=O)CN(c1ccccc1Cl)S(=O)(=O)c1ccccc1. The largest absolute Gasteiger partial charge is 0.497 e. The summed E-state index contributed by atoms with van der Waals surface area (Å²) >= 11 is 6.47. The van der Waals surface area contributed by atoms with E-state index >= 15 is 0 Å². The molecule has 0 aliphatic rings. The zero-order valence-electron chi connectivity index (χ0n) is 23.3. The quantitative estimate of drug-likeness (QED) is 0.247. The van der Waals surface area contributed by atoms with Crippen molar-refractivity contribution < 1.29 is 22.7 Å². The summed E-state index contributed by atoms with van der Waals surface area (Å²) in [7, 11) is -1.17. The summed E-state index contributed by atoms with van der Waals surface area (Å²) in [5.41, 5.74) is 1.70. The number of nitrogens with zero attached hydrogens (tertiary/aromatic N) is 2. The zero-order valence-corrected chi connectivity index (χ0v) is 24.9. The zero-order chi connectivity index (χ0) is 30.1. The standard InChI is InChI=1S/C32H32ClN3O5S/c1-34-32(38)30(21-24-12-5-3-6-13-24)35(22-25-14-11-15-26(20-25)41-2)31(37)23-36(29-19-10-9-18-28(29)33)42(39,40)27-16-7-4-8-17-27/h3-20,30H,21-23H2,1-2H3,(H,34,38). The topological polar surface area (TPSA) is 96.0 Å². The molecule has 1 unspecified atom stereocenters. The molecule has 4 aromatic rings. The molecule has 10 heteroatoms. The first kappa shape index (κ1) is 30.6. The van der Waals surface area contributed by atoms with E-state index in [0.29, 0.717) is 11.3 Å². The van der Waals surface area contributed by atoms with E-state index in [1.165, 1.54) is 24.1 Å². The molecular weight excluding hydrogens is 574 g/mol. The predicted molar refractivity (Wildman–Crippen MR) is 164 cm³/mol. The van der Waals surface area contributed by atoms with Crippen molar-refractivity contribution in [2.75, 3.05) is 25.0 Å². The van der Waals surface area contributed by atoms with Crippen LogP contribution in [0.2, 0.25) is 5.02 Å². The Morgan fingerprint density at radius 3 is 2.12 bits per heavy atom. The van der Waals surface area contributed by atoms with E-state index in [4.69, 9.17) is 16.3 Å². The van der Waals surface area contributed by atoms with E-state index in [1.807, 2.05) is 36.4 Å². The normalized spacial score (nSPS) is 11.8. The molecule has 42 heavy (non-hydrogen) atoms. The molecule has 1 N–H and O–H groups in total. The molecule has 0 saturated carbocycles. The smallest absolute Gasteiger partial charge is 0.264 e. The highest BCUT2D eigenvalue weighted by molar-refractivity contribution is 7.92. The van der Waals surface area contributed by atoms with Crippen LogP contribution in [0.1, 0.15) is 11.1 Å². The van der Waals surface area contributed by atoms with Gasteiger partial charge in [-0.2, -0.15) is 0 Å². The van der Waals surface area contributed by atoms with Crippen LogP contribution in [0.15, 0.2) is 114 Å². The van der Waals surface area contributed by atoms with Crippen LogP contribution in [-0.2, 0) is 32.6 Å². The van der Waals surface area contributed by atoms with Crippen LogP contribution >= 0.6 is 11.6 Å². The summed E-state index contributed by atoms with van der Waals surface area (Å²) in [5.74, 6) is -0.379. The van der Waals surface area contributed by atoms with Gasteiger partial charge in [-0.1, -0.05) is 84.4 Å². The molecule has 218 valence electrons. The third-order valence-electron chi connectivity index (χ3n) is 6.74. The van der Waals surface area contributed by atoms with Gasteiger partial charge >= 0.3 is 0 Å². The summed E-state index contributed by atoms with van der Waals surface area (Å²) < 4.78 is 34.2. The van der Waals surface area contributed by atoms with Crippen molar-refractivity contribution in [2.45, 2.75) is 23.9 Å². The number of likely N-dealkylation sites (N-methyl/N-ethyl adjacent to an activating group) is 1. The highest BCUT2D eigenvalue weighted by Crippen LogP contribution is 2.31. The van der Waals surface area contributed by atoms with E-state index in [0.717, 1.165) is 9.87 Å². The van der Waals surface area contributed by atoms with Crippen molar-refractivity contribution in [3.63, 3.8) is 0 Å². The Hall–Kier alpha value is -4.34. The Morgan fingerprint density at radius 2 is 1.48 bits per heavy atom. The van der Waals surface area contributed by atoms with Crippen molar-refractivity contribution >= 4 is 39.1 Å². The van der Waals surface area contributed by atoms with Crippen molar-refractivity contribution in [3.05, 3.63) is 125 Å². The molecule has 4 rings (SSSR count). The average Bonchev–Trinajstić information content (AvgIpc) is 3.02. The third-order valence-corrected chi connectivity index (χ3v) is 8.83. The number of carbonyl (C=O) groups is 2. The number of para-hydroxylation sites is 1. The molecule has 1 atom stereocenters. The minimum absolute atomic E-state index is 0.00389. The molecule has 2 amide bonds. The number of ether oxygens (including phenoxy) is 1. The fourth-order valence-electron chi connectivity index (χ4n) is 4.58. The molecule has 0 aromatic heterocycles. The molecule has 8 nitrogen and oxygen atoms in total. The van der Waals surface area contributed by atoms with Crippen LogP contribution in [0.4, 0.5) is 5.69 Å². The number of carbonyl (C=O) groups excluding carboxylic acids is 2. The number of methoxy groups -OCH3 is 1. The number of nitrogens with one attached hydrogen (secondary N) is 1. The molecular formula is C32H32ClN3O5S. The van der Waals surface area contributed by atoms with Gasteiger partial charge < -0.3 is 15.0 Å². The van der Waals surface area contributed by atoms with Crippen LogP contribution in [0.5, 0.6) is 5.75 Å². The maximum atomic E-state index is 14.3. The predicted octanol–water partition coefficient (Wildman–Crippen LogP) is 4.93. The van der Waals surface area contributed by atoms with Gasteiger partial charge in [0, 0.05) is 20.0 Å². The molecule has 0 bridgehead atoms. The Morgan fingerprint density at radius 1 is 0.857 bits per heavy atom. The number of anilines is 1. The number of rotatable bonds is 12. The highest BCUT2D eigenvalue weighted by atomic mass is 35.5. The molecule has 0 saturated heterocycles. The lowest BCUT2D eigenvalue weighted by molar-refractivity contribution is -0.139. The fraction of sp³-hybridized carbons (Fsp3) is 0.188. The lowest BCUT2D eigenvalue weighted by atomic mass is 10.0. The van der Waals surface area contributed by atoms with E-state index in [9.17, 15) is 18.0 Å². The average molecular weight is 606 g/mol. The van der Waals surface area contributed by atoms with E-state index in [2.05, 4.69) is 5.32 Å². The second-order valence-corrected chi connectivity index (χ2v) is 11.7. The fourth-order valence-corrected chi connectivity index (χ4v) is 6.32. The summed E-state index contributed by atoms with van der Waals surface area (Å²) in [4.78, 5) is 29.0. The van der Waals surface area contributed by atoms with Gasteiger partial charge in [0.25, 0.3) is 10.0 Å². The molecule has 0 heterocycles. The first-order chi connectivity index (χ1) is 20.2. The van der Waals surface area contributed by atoms with E-state index in [-0.39, 0.29) is 34.5 Å². The van der Waals surface area contributed by atoms with Gasteiger partial charge in [0.05, 0.1) is 22.7 Å². The van der Waals surface area contributed by atoms with Crippen LogP contribution < -0.4 is 14.4 Å². The summed E-state index contributed by atoms with van der Waals surface area (Å²) in [5, 5.41) is 2.83. The van der Waals surface area contributed by atoms with Crippen LogP contribution in [-0.4, -0.2) is 51.9 Å². The number of sulfonamides is 1. The van der Waals surface area contributed by atoms with Crippen molar-refractivity contribution in [3.8, 4) is 5.75 Å². The van der Waals surface area contributed by atoms with Gasteiger partial charge in [0.15, 0.2) is 0 Å². The Balaban J connectivity index is 1.80. The summed E-state index contributed by atoms with van der Waals surface area (Å²) in [6.45, 7) is -0.560. The van der Waals surface area contributed by atoms with E-state index < -0.39 is 28.5 Å². The second-order valence-electron chi connectivity index (χ2n) is 9.47. The maximum Gasteiger partial charge on any atom is 0.264 e. The molecule has 0 radical (unpaired) electrons. The molecule has 0 fully saturated rings. The van der Waals surface area contributed by atoms with Crippen LogP contribution in [0, 0.1) is 0 Å². The highest BCUT2D eigenvalue weighted by Gasteiger charge is 2.35. The Labute approximate surface area is 251 Å². The number of benzene rings is 4. The molecule has 0 aliphatic carbocycles. The van der Waals surface area contributed by atoms with Gasteiger partial charge in [-0.3, -0.25) is 13.9 Å². The van der Waals surface area contributed by atoms with Crippen LogP contribution in [0.3, 0.4) is 0 Å².